The van der Waals surface area contributed by atoms with E-state index >= 15 is 0 Å². The summed E-state index contributed by atoms with van der Waals surface area (Å²) in [5.41, 5.74) is 2.22. The van der Waals surface area contributed by atoms with Crippen LogP contribution >= 0.6 is 0 Å². The zero-order valence-corrected chi connectivity index (χ0v) is 16.2. The van der Waals surface area contributed by atoms with E-state index in [1.165, 1.54) is 5.57 Å². The maximum absolute atomic E-state index is 12.6. The second-order valence-corrected chi connectivity index (χ2v) is 6.59. The molecule has 0 aromatic carbocycles. The van der Waals surface area contributed by atoms with Crippen molar-refractivity contribution in [1.29, 1.82) is 0 Å². The lowest BCUT2D eigenvalue weighted by atomic mass is 9.65. The molecule has 0 heterocycles. The number of carbonyl (C=O) groups is 1. The highest BCUT2D eigenvalue weighted by Gasteiger charge is 2.35. The molecule has 22 heavy (non-hydrogen) atoms. The molecule has 0 spiro atoms. The fourth-order valence-corrected chi connectivity index (χ4v) is 3.85. The molecule has 0 aromatic heterocycles. The van der Waals surface area contributed by atoms with Gasteiger partial charge in [0.05, 0.1) is 0 Å². The average Bonchev–Trinajstić information content (AvgIpc) is 2.53. The highest BCUT2D eigenvalue weighted by atomic mass is 16.5. The van der Waals surface area contributed by atoms with Gasteiger partial charge in [-0.3, -0.25) is 0 Å². The third-order valence-electron chi connectivity index (χ3n) is 5.61. The SMILES string of the molecule is CCC(=C(C)C(=O)OC(CC)CC)C(C)(CC)C(CC)CC. The number of ether oxygens (including phenoxy) is 1. The second kappa shape index (κ2) is 10.1. The Morgan fingerprint density at radius 3 is 1.77 bits per heavy atom. The number of esters is 1. The number of hydrogen-bond acceptors (Lipinski definition) is 2. The van der Waals surface area contributed by atoms with E-state index < -0.39 is 0 Å². The Balaban J connectivity index is 5.61. The van der Waals surface area contributed by atoms with Gasteiger partial charge in [-0.2, -0.15) is 0 Å². The molecular formula is C20H38O2. The maximum Gasteiger partial charge on any atom is 0.333 e. The zero-order valence-electron chi connectivity index (χ0n) is 16.2. The molecule has 1 unspecified atom stereocenters. The van der Waals surface area contributed by atoms with Gasteiger partial charge in [-0.15, -0.1) is 0 Å². The van der Waals surface area contributed by atoms with Crippen LogP contribution in [-0.4, -0.2) is 12.1 Å². The van der Waals surface area contributed by atoms with Gasteiger partial charge in [0.15, 0.2) is 0 Å². The average molecular weight is 311 g/mol. The van der Waals surface area contributed by atoms with Crippen molar-refractivity contribution >= 4 is 5.97 Å². The molecule has 0 bridgehead atoms. The topological polar surface area (TPSA) is 26.3 Å². The summed E-state index contributed by atoms with van der Waals surface area (Å²) in [6, 6.07) is 0. The van der Waals surface area contributed by atoms with Crippen molar-refractivity contribution in [3.63, 3.8) is 0 Å². The van der Waals surface area contributed by atoms with Crippen LogP contribution in [0.4, 0.5) is 0 Å². The Labute approximate surface area is 138 Å². The fraction of sp³-hybridized carbons (Fsp3) is 0.850. The molecule has 0 rings (SSSR count). The smallest absolute Gasteiger partial charge is 0.333 e. The normalized spacial score (nSPS) is 15.7. The Hall–Kier alpha value is -0.790. The van der Waals surface area contributed by atoms with Crippen molar-refractivity contribution in [2.24, 2.45) is 11.3 Å². The van der Waals surface area contributed by atoms with E-state index in [9.17, 15) is 4.79 Å². The van der Waals surface area contributed by atoms with Gasteiger partial charge >= 0.3 is 5.97 Å². The third-order valence-corrected chi connectivity index (χ3v) is 5.61. The third kappa shape index (κ3) is 4.86. The largest absolute Gasteiger partial charge is 0.459 e. The summed E-state index contributed by atoms with van der Waals surface area (Å²) in [4.78, 5) is 12.6. The summed E-state index contributed by atoms with van der Waals surface area (Å²) in [6.45, 7) is 17.4. The molecule has 0 aromatic rings. The van der Waals surface area contributed by atoms with E-state index in [2.05, 4.69) is 48.5 Å². The maximum atomic E-state index is 12.6. The van der Waals surface area contributed by atoms with Crippen LogP contribution in [0.3, 0.4) is 0 Å². The summed E-state index contributed by atoms with van der Waals surface area (Å²) < 4.78 is 5.68. The molecule has 2 heteroatoms. The summed E-state index contributed by atoms with van der Waals surface area (Å²) >= 11 is 0. The van der Waals surface area contributed by atoms with E-state index in [0.29, 0.717) is 5.92 Å². The predicted molar refractivity (Wildman–Crippen MR) is 95.9 cm³/mol. The van der Waals surface area contributed by atoms with Gasteiger partial charge in [0, 0.05) is 5.57 Å². The molecule has 0 aliphatic heterocycles. The van der Waals surface area contributed by atoms with Crippen LogP contribution in [0, 0.1) is 11.3 Å². The minimum atomic E-state index is -0.115. The van der Waals surface area contributed by atoms with E-state index in [0.717, 1.165) is 44.1 Å². The first-order valence-electron chi connectivity index (χ1n) is 9.27. The van der Waals surface area contributed by atoms with Crippen molar-refractivity contribution in [2.45, 2.75) is 100 Å². The van der Waals surface area contributed by atoms with Crippen molar-refractivity contribution in [3.8, 4) is 0 Å². The fourth-order valence-electron chi connectivity index (χ4n) is 3.85. The number of carbonyl (C=O) groups excluding carboxylic acids is 1. The van der Waals surface area contributed by atoms with Gasteiger partial charge < -0.3 is 4.74 Å². The molecule has 0 aliphatic carbocycles. The zero-order chi connectivity index (χ0) is 17.3. The lowest BCUT2D eigenvalue weighted by Crippen LogP contribution is -2.31. The Bertz CT molecular complexity index is 362. The summed E-state index contributed by atoms with van der Waals surface area (Å²) in [5, 5.41) is 0. The van der Waals surface area contributed by atoms with Crippen molar-refractivity contribution in [2.75, 3.05) is 0 Å². The van der Waals surface area contributed by atoms with Gasteiger partial charge in [-0.1, -0.05) is 66.9 Å². The van der Waals surface area contributed by atoms with Gasteiger partial charge in [0.1, 0.15) is 6.10 Å². The molecule has 0 aliphatic rings. The molecular weight excluding hydrogens is 272 g/mol. The first-order valence-corrected chi connectivity index (χ1v) is 9.27. The highest BCUT2D eigenvalue weighted by molar-refractivity contribution is 5.89. The van der Waals surface area contributed by atoms with Gasteiger partial charge in [-0.25, -0.2) is 4.79 Å². The van der Waals surface area contributed by atoms with E-state index in [4.69, 9.17) is 4.74 Å². The highest BCUT2D eigenvalue weighted by Crippen LogP contribution is 2.45. The van der Waals surface area contributed by atoms with E-state index in [1.807, 2.05) is 6.92 Å². The van der Waals surface area contributed by atoms with Crippen LogP contribution in [0.5, 0.6) is 0 Å². The quantitative estimate of drug-likeness (QED) is 0.350. The molecule has 0 amide bonds. The second-order valence-electron chi connectivity index (χ2n) is 6.59. The molecule has 0 saturated carbocycles. The van der Waals surface area contributed by atoms with Crippen LogP contribution in [0.15, 0.2) is 11.1 Å². The molecule has 0 saturated heterocycles. The standard InChI is InChI=1S/C20H38O2/c1-9-16(10-2)20(8,14-6)18(13-5)15(7)19(21)22-17(11-3)12-4/h16-17H,9-14H2,1-8H3. The summed E-state index contributed by atoms with van der Waals surface area (Å²) in [7, 11) is 0. The van der Waals surface area contributed by atoms with Crippen LogP contribution in [0.25, 0.3) is 0 Å². The first kappa shape index (κ1) is 21.2. The van der Waals surface area contributed by atoms with Crippen molar-refractivity contribution < 1.29 is 9.53 Å². The number of allylic oxidation sites excluding steroid dienone is 1. The number of hydrogen-bond donors (Lipinski definition) is 0. The molecule has 0 radical (unpaired) electrons. The lowest BCUT2D eigenvalue weighted by Gasteiger charge is -2.39. The minimum absolute atomic E-state index is 0.0431. The van der Waals surface area contributed by atoms with Crippen LogP contribution in [0.2, 0.25) is 0 Å². The number of rotatable bonds is 10. The van der Waals surface area contributed by atoms with E-state index in [1.54, 1.807) is 0 Å². The Morgan fingerprint density at radius 2 is 1.45 bits per heavy atom. The van der Waals surface area contributed by atoms with E-state index in [-0.39, 0.29) is 17.5 Å². The molecule has 2 nitrogen and oxygen atoms in total. The Morgan fingerprint density at radius 1 is 0.955 bits per heavy atom. The first-order chi connectivity index (χ1) is 10.4. The van der Waals surface area contributed by atoms with Gasteiger partial charge in [-0.05, 0) is 43.9 Å². The van der Waals surface area contributed by atoms with Gasteiger partial charge in [0.25, 0.3) is 0 Å². The van der Waals surface area contributed by atoms with Crippen molar-refractivity contribution in [3.05, 3.63) is 11.1 Å². The summed E-state index contributed by atoms with van der Waals surface area (Å²) in [5.74, 6) is 0.500. The lowest BCUT2D eigenvalue weighted by molar-refractivity contribution is -0.144. The summed E-state index contributed by atoms with van der Waals surface area (Å²) in [6.07, 6.45) is 6.10. The van der Waals surface area contributed by atoms with Crippen molar-refractivity contribution in [1.82, 2.24) is 0 Å². The predicted octanol–water partition coefficient (Wildman–Crippen LogP) is 6.30. The molecule has 1 atom stereocenters. The monoisotopic (exact) mass is 310 g/mol. The van der Waals surface area contributed by atoms with Crippen LogP contribution in [-0.2, 0) is 9.53 Å². The van der Waals surface area contributed by atoms with Gasteiger partial charge in [0.2, 0.25) is 0 Å². The molecule has 130 valence electrons. The Kier molecular flexibility index (Phi) is 9.71. The minimum Gasteiger partial charge on any atom is -0.459 e. The van der Waals surface area contributed by atoms with Crippen LogP contribution < -0.4 is 0 Å². The molecule has 0 fully saturated rings. The molecule has 0 N–H and O–H groups in total. The van der Waals surface area contributed by atoms with Crippen LogP contribution in [0.1, 0.15) is 93.9 Å².